The van der Waals surface area contributed by atoms with Gasteiger partial charge in [0.15, 0.2) is 0 Å². The van der Waals surface area contributed by atoms with E-state index in [1.165, 1.54) is 51.7 Å². The van der Waals surface area contributed by atoms with E-state index in [-0.39, 0.29) is 0 Å². The fourth-order valence-electron chi connectivity index (χ4n) is 3.72. The molecule has 3 heteroatoms. The number of likely N-dealkylation sites (tertiary alicyclic amines) is 1. The molecule has 18 heavy (non-hydrogen) atoms. The Hall–Kier alpha value is -0.120. The normalized spacial score (nSPS) is 37.5. The van der Waals surface area contributed by atoms with Gasteiger partial charge in [0.2, 0.25) is 0 Å². The highest BCUT2D eigenvalue weighted by atomic mass is 16.5. The Bertz CT molecular complexity index is 280. The summed E-state index contributed by atoms with van der Waals surface area (Å²) in [5.74, 6) is 0.996. The smallest absolute Gasteiger partial charge is 0.0677 e. The van der Waals surface area contributed by atoms with E-state index in [1.54, 1.807) is 0 Å². The van der Waals surface area contributed by atoms with E-state index in [0.29, 0.717) is 11.5 Å². The highest BCUT2D eigenvalue weighted by Crippen LogP contribution is 2.41. The van der Waals surface area contributed by atoms with Gasteiger partial charge in [-0.3, -0.25) is 0 Å². The minimum atomic E-state index is 0.293. The second-order valence-electron chi connectivity index (χ2n) is 6.43. The van der Waals surface area contributed by atoms with Crippen LogP contribution in [0, 0.1) is 11.3 Å². The Labute approximate surface area is 111 Å². The lowest BCUT2D eigenvalue weighted by molar-refractivity contribution is -0.152. The molecule has 2 atom stereocenters. The van der Waals surface area contributed by atoms with Crippen LogP contribution in [0.2, 0.25) is 0 Å². The van der Waals surface area contributed by atoms with Crippen molar-refractivity contribution >= 4 is 0 Å². The number of fused-ring (bicyclic) bond motifs is 1. The summed E-state index contributed by atoms with van der Waals surface area (Å²) >= 11 is 0. The maximum atomic E-state index is 6.04. The van der Waals surface area contributed by atoms with E-state index >= 15 is 0 Å². The minimum absolute atomic E-state index is 0.293. The standard InChI is InChI=1S/C15H27NO2/c1-2-17-12-15-7-3-9-18-14(15)6-8-16(11-15)10-13-4-5-13/h13-14H,2-12H2,1H3. The lowest BCUT2D eigenvalue weighted by atomic mass is 9.73. The maximum absolute atomic E-state index is 6.04. The SMILES string of the molecule is CCOCC12CCCOC1CCN(CC1CC1)C2. The van der Waals surface area contributed by atoms with Crippen molar-refractivity contribution < 1.29 is 9.47 Å². The van der Waals surface area contributed by atoms with Crippen molar-refractivity contribution in [3.05, 3.63) is 0 Å². The molecule has 0 spiro atoms. The predicted molar refractivity (Wildman–Crippen MR) is 71.7 cm³/mol. The second-order valence-corrected chi connectivity index (χ2v) is 6.43. The van der Waals surface area contributed by atoms with Crippen molar-refractivity contribution in [3.63, 3.8) is 0 Å². The van der Waals surface area contributed by atoms with E-state index in [2.05, 4.69) is 11.8 Å². The first-order valence-corrected chi connectivity index (χ1v) is 7.74. The van der Waals surface area contributed by atoms with Gasteiger partial charge in [-0.25, -0.2) is 0 Å². The van der Waals surface area contributed by atoms with Gasteiger partial charge in [-0.05, 0) is 44.9 Å². The first-order valence-electron chi connectivity index (χ1n) is 7.74. The highest BCUT2D eigenvalue weighted by molar-refractivity contribution is 4.97. The topological polar surface area (TPSA) is 21.7 Å². The second kappa shape index (κ2) is 5.48. The predicted octanol–water partition coefficient (Wildman–Crippen LogP) is 2.30. The summed E-state index contributed by atoms with van der Waals surface area (Å²) < 4.78 is 11.8. The summed E-state index contributed by atoms with van der Waals surface area (Å²) in [7, 11) is 0. The van der Waals surface area contributed by atoms with Crippen LogP contribution in [-0.2, 0) is 9.47 Å². The molecule has 0 bridgehead atoms. The van der Waals surface area contributed by atoms with Crippen LogP contribution in [0.1, 0.15) is 39.0 Å². The number of piperidine rings is 1. The number of ether oxygens (including phenoxy) is 2. The lowest BCUT2D eigenvalue weighted by Crippen LogP contribution is -2.57. The van der Waals surface area contributed by atoms with E-state index in [9.17, 15) is 0 Å². The quantitative estimate of drug-likeness (QED) is 0.750. The van der Waals surface area contributed by atoms with Crippen LogP contribution in [-0.4, -0.2) is 50.5 Å². The van der Waals surface area contributed by atoms with Crippen molar-refractivity contribution in [1.82, 2.24) is 4.90 Å². The maximum Gasteiger partial charge on any atom is 0.0677 e. The van der Waals surface area contributed by atoms with Gasteiger partial charge in [-0.15, -0.1) is 0 Å². The third-order valence-corrected chi connectivity index (χ3v) is 4.87. The Morgan fingerprint density at radius 3 is 3.00 bits per heavy atom. The molecule has 2 aliphatic heterocycles. The molecule has 3 rings (SSSR count). The largest absolute Gasteiger partial charge is 0.381 e. The molecule has 0 radical (unpaired) electrons. The molecule has 0 aromatic rings. The molecule has 2 saturated heterocycles. The molecular weight excluding hydrogens is 226 g/mol. The molecule has 3 fully saturated rings. The monoisotopic (exact) mass is 253 g/mol. The van der Waals surface area contributed by atoms with E-state index in [1.807, 2.05) is 0 Å². The fourth-order valence-corrected chi connectivity index (χ4v) is 3.72. The van der Waals surface area contributed by atoms with Crippen molar-refractivity contribution in [3.8, 4) is 0 Å². The van der Waals surface area contributed by atoms with Gasteiger partial charge in [0.05, 0.1) is 12.7 Å². The van der Waals surface area contributed by atoms with Crippen LogP contribution in [0.15, 0.2) is 0 Å². The molecule has 0 aromatic heterocycles. The zero-order chi connectivity index (χ0) is 12.4. The molecule has 104 valence electrons. The summed E-state index contributed by atoms with van der Waals surface area (Å²) in [6.07, 6.45) is 7.07. The summed E-state index contributed by atoms with van der Waals surface area (Å²) in [5.41, 5.74) is 0.293. The molecule has 2 heterocycles. The van der Waals surface area contributed by atoms with Gasteiger partial charge in [-0.2, -0.15) is 0 Å². The van der Waals surface area contributed by atoms with Crippen LogP contribution in [0.5, 0.6) is 0 Å². The van der Waals surface area contributed by atoms with Gasteiger partial charge in [-0.1, -0.05) is 0 Å². The van der Waals surface area contributed by atoms with Crippen LogP contribution in [0.25, 0.3) is 0 Å². The van der Waals surface area contributed by atoms with Crippen molar-refractivity contribution in [1.29, 1.82) is 0 Å². The van der Waals surface area contributed by atoms with E-state index in [0.717, 1.165) is 25.7 Å². The zero-order valence-corrected chi connectivity index (χ0v) is 11.7. The van der Waals surface area contributed by atoms with Gasteiger partial charge in [0.25, 0.3) is 0 Å². The number of hydrogen-bond donors (Lipinski definition) is 0. The van der Waals surface area contributed by atoms with Gasteiger partial charge >= 0.3 is 0 Å². The molecule has 1 aliphatic carbocycles. The summed E-state index contributed by atoms with van der Waals surface area (Å²) in [6.45, 7) is 8.54. The third kappa shape index (κ3) is 2.73. The highest BCUT2D eigenvalue weighted by Gasteiger charge is 2.46. The molecule has 2 unspecified atom stereocenters. The summed E-state index contributed by atoms with van der Waals surface area (Å²) in [4.78, 5) is 2.68. The molecule has 3 aliphatic rings. The lowest BCUT2D eigenvalue weighted by Gasteiger charge is -2.50. The Kier molecular flexibility index (Phi) is 3.92. The number of rotatable bonds is 5. The van der Waals surface area contributed by atoms with Gasteiger partial charge < -0.3 is 14.4 Å². The first-order chi connectivity index (χ1) is 8.82. The van der Waals surface area contributed by atoms with Crippen molar-refractivity contribution in [2.24, 2.45) is 11.3 Å². The van der Waals surface area contributed by atoms with Crippen LogP contribution >= 0.6 is 0 Å². The zero-order valence-electron chi connectivity index (χ0n) is 11.7. The minimum Gasteiger partial charge on any atom is -0.381 e. The van der Waals surface area contributed by atoms with E-state index in [4.69, 9.17) is 9.47 Å². The Morgan fingerprint density at radius 1 is 1.33 bits per heavy atom. The van der Waals surface area contributed by atoms with E-state index < -0.39 is 0 Å². The Balaban J connectivity index is 1.64. The summed E-state index contributed by atoms with van der Waals surface area (Å²) in [6, 6.07) is 0. The average Bonchev–Trinajstić information content (AvgIpc) is 3.20. The van der Waals surface area contributed by atoms with Crippen LogP contribution < -0.4 is 0 Å². The van der Waals surface area contributed by atoms with Gasteiger partial charge in [0.1, 0.15) is 0 Å². The average molecular weight is 253 g/mol. The van der Waals surface area contributed by atoms with Gasteiger partial charge in [0, 0.05) is 38.3 Å². The number of hydrogen-bond acceptors (Lipinski definition) is 3. The molecular formula is C15H27NO2. The fraction of sp³-hybridized carbons (Fsp3) is 1.00. The van der Waals surface area contributed by atoms with Crippen molar-refractivity contribution in [2.45, 2.75) is 45.1 Å². The number of nitrogens with zero attached hydrogens (tertiary/aromatic N) is 1. The Morgan fingerprint density at radius 2 is 2.22 bits per heavy atom. The molecule has 0 amide bonds. The molecule has 0 N–H and O–H groups in total. The summed E-state index contributed by atoms with van der Waals surface area (Å²) in [5, 5.41) is 0. The van der Waals surface area contributed by atoms with Crippen molar-refractivity contribution in [2.75, 3.05) is 39.5 Å². The van der Waals surface area contributed by atoms with Crippen LogP contribution in [0.4, 0.5) is 0 Å². The first kappa shape index (κ1) is 12.9. The molecule has 1 saturated carbocycles. The molecule has 3 nitrogen and oxygen atoms in total. The third-order valence-electron chi connectivity index (χ3n) is 4.87. The molecule has 0 aromatic carbocycles. The van der Waals surface area contributed by atoms with Crippen LogP contribution in [0.3, 0.4) is 0 Å².